The third kappa shape index (κ3) is 2.99. The molecule has 0 bridgehead atoms. The summed E-state index contributed by atoms with van der Waals surface area (Å²) in [6.07, 6.45) is 3.38. The highest BCUT2D eigenvalue weighted by Gasteiger charge is 2.15. The fourth-order valence-corrected chi connectivity index (χ4v) is 2.56. The van der Waals surface area contributed by atoms with E-state index in [1.54, 1.807) is 36.0 Å². The third-order valence-electron chi connectivity index (χ3n) is 3.80. The van der Waals surface area contributed by atoms with Crippen LogP contribution in [0.25, 0.3) is 17.1 Å². The van der Waals surface area contributed by atoms with Crippen molar-refractivity contribution in [1.29, 1.82) is 0 Å². The number of oxazole rings is 1. The van der Waals surface area contributed by atoms with E-state index in [4.69, 9.17) is 4.42 Å². The predicted octanol–water partition coefficient (Wildman–Crippen LogP) is 2.87. The first-order valence-corrected chi connectivity index (χ1v) is 7.81. The van der Waals surface area contributed by atoms with Gasteiger partial charge in [-0.25, -0.2) is 9.97 Å². The van der Waals surface area contributed by atoms with Gasteiger partial charge >= 0.3 is 0 Å². The average Bonchev–Trinajstić information content (AvgIpc) is 3.23. The number of aryl methyl sites for hydroxylation is 1. The molecular weight excluding hydrogens is 318 g/mol. The molecule has 0 atom stereocenters. The smallest absolute Gasteiger partial charge is 0.231 e. The fourth-order valence-electron chi connectivity index (χ4n) is 2.56. The fraction of sp³-hybridized carbons (Fsp3) is 0.111. The van der Waals surface area contributed by atoms with Crippen molar-refractivity contribution in [3.05, 3.63) is 66.3 Å². The SMILES string of the molecule is Cc1oc(-c2ccccc2)nc1CC(=O)Nc1ccnc2ccnn12. The van der Waals surface area contributed by atoms with Gasteiger partial charge in [0.15, 0.2) is 5.65 Å². The summed E-state index contributed by atoms with van der Waals surface area (Å²) >= 11 is 0. The van der Waals surface area contributed by atoms with Crippen molar-refractivity contribution in [2.45, 2.75) is 13.3 Å². The van der Waals surface area contributed by atoms with E-state index in [0.29, 0.717) is 28.8 Å². The molecule has 7 heteroatoms. The first-order valence-electron chi connectivity index (χ1n) is 7.81. The number of nitrogens with zero attached hydrogens (tertiary/aromatic N) is 4. The van der Waals surface area contributed by atoms with E-state index in [1.807, 2.05) is 30.3 Å². The van der Waals surface area contributed by atoms with Crippen molar-refractivity contribution < 1.29 is 9.21 Å². The Bertz CT molecular complexity index is 1040. The second-order valence-electron chi connectivity index (χ2n) is 5.54. The Hall–Kier alpha value is -3.48. The minimum absolute atomic E-state index is 0.118. The predicted molar refractivity (Wildman–Crippen MR) is 92.0 cm³/mol. The maximum absolute atomic E-state index is 12.4. The van der Waals surface area contributed by atoms with Crippen LogP contribution in [-0.4, -0.2) is 25.5 Å². The number of fused-ring (bicyclic) bond motifs is 1. The maximum Gasteiger partial charge on any atom is 0.231 e. The molecular formula is C18H15N5O2. The Morgan fingerprint density at radius 3 is 2.84 bits per heavy atom. The van der Waals surface area contributed by atoms with Gasteiger partial charge in [0.05, 0.1) is 18.3 Å². The molecule has 0 saturated carbocycles. The summed E-state index contributed by atoms with van der Waals surface area (Å²) in [5, 5.41) is 6.98. The number of carbonyl (C=O) groups excluding carboxylic acids is 1. The number of nitrogens with one attached hydrogen (secondary N) is 1. The molecule has 4 aromatic rings. The minimum Gasteiger partial charge on any atom is -0.441 e. The maximum atomic E-state index is 12.4. The van der Waals surface area contributed by atoms with Crippen LogP contribution in [-0.2, 0) is 11.2 Å². The summed E-state index contributed by atoms with van der Waals surface area (Å²) in [6.45, 7) is 1.81. The van der Waals surface area contributed by atoms with Crippen LogP contribution in [0.4, 0.5) is 5.82 Å². The van der Waals surface area contributed by atoms with Crippen LogP contribution in [0.1, 0.15) is 11.5 Å². The van der Waals surface area contributed by atoms with E-state index in [9.17, 15) is 4.79 Å². The second-order valence-corrected chi connectivity index (χ2v) is 5.54. The zero-order chi connectivity index (χ0) is 17.2. The van der Waals surface area contributed by atoms with E-state index in [-0.39, 0.29) is 12.3 Å². The lowest BCUT2D eigenvalue weighted by molar-refractivity contribution is -0.115. The molecule has 7 nitrogen and oxygen atoms in total. The van der Waals surface area contributed by atoms with Crippen LogP contribution in [0.15, 0.2) is 59.3 Å². The normalized spacial score (nSPS) is 10.9. The Labute approximate surface area is 143 Å². The highest BCUT2D eigenvalue weighted by Crippen LogP contribution is 2.22. The highest BCUT2D eigenvalue weighted by molar-refractivity contribution is 5.91. The zero-order valence-corrected chi connectivity index (χ0v) is 13.5. The molecule has 0 aliphatic heterocycles. The number of aromatic nitrogens is 4. The molecule has 0 unspecified atom stereocenters. The van der Waals surface area contributed by atoms with Gasteiger partial charge in [-0.1, -0.05) is 18.2 Å². The first kappa shape index (κ1) is 15.1. The van der Waals surface area contributed by atoms with E-state index in [2.05, 4.69) is 20.4 Å². The van der Waals surface area contributed by atoms with E-state index < -0.39 is 0 Å². The summed E-state index contributed by atoms with van der Waals surface area (Å²) < 4.78 is 7.26. The number of hydrogen-bond donors (Lipinski definition) is 1. The number of anilines is 1. The number of benzene rings is 1. The van der Waals surface area contributed by atoms with Gasteiger partial charge < -0.3 is 9.73 Å². The summed E-state index contributed by atoms with van der Waals surface area (Å²) in [4.78, 5) is 21.0. The monoisotopic (exact) mass is 333 g/mol. The summed E-state index contributed by atoms with van der Waals surface area (Å²) in [6, 6.07) is 13.1. The van der Waals surface area contributed by atoms with E-state index >= 15 is 0 Å². The quantitative estimate of drug-likeness (QED) is 0.621. The molecule has 1 amide bonds. The van der Waals surface area contributed by atoms with Crippen molar-refractivity contribution in [1.82, 2.24) is 19.6 Å². The average molecular weight is 333 g/mol. The number of carbonyl (C=O) groups is 1. The highest BCUT2D eigenvalue weighted by atomic mass is 16.4. The molecule has 4 rings (SSSR count). The molecule has 1 aromatic carbocycles. The lowest BCUT2D eigenvalue weighted by Crippen LogP contribution is -2.17. The Balaban J connectivity index is 1.53. The van der Waals surface area contributed by atoms with Gasteiger partial charge in [0.1, 0.15) is 11.6 Å². The molecule has 0 spiro atoms. The molecule has 0 aliphatic rings. The van der Waals surface area contributed by atoms with Gasteiger partial charge in [0, 0.05) is 17.8 Å². The van der Waals surface area contributed by atoms with Gasteiger partial charge in [-0.3, -0.25) is 4.79 Å². The molecule has 0 fully saturated rings. The van der Waals surface area contributed by atoms with Gasteiger partial charge in [0.25, 0.3) is 0 Å². The number of amides is 1. The van der Waals surface area contributed by atoms with Crippen LogP contribution < -0.4 is 5.32 Å². The second kappa shape index (κ2) is 6.20. The molecule has 0 aliphatic carbocycles. The molecule has 124 valence electrons. The van der Waals surface area contributed by atoms with Gasteiger partial charge in [0.2, 0.25) is 11.8 Å². The van der Waals surface area contributed by atoms with Crippen LogP contribution in [0, 0.1) is 6.92 Å². The Kier molecular flexibility index (Phi) is 3.74. The van der Waals surface area contributed by atoms with Crippen LogP contribution >= 0.6 is 0 Å². The van der Waals surface area contributed by atoms with Crippen LogP contribution in [0.3, 0.4) is 0 Å². The molecule has 0 radical (unpaired) electrons. The van der Waals surface area contributed by atoms with Gasteiger partial charge in [-0.15, -0.1) is 0 Å². The zero-order valence-electron chi connectivity index (χ0n) is 13.5. The lowest BCUT2D eigenvalue weighted by Gasteiger charge is -2.05. The summed E-state index contributed by atoms with van der Waals surface area (Å²) in [5.41, 5.74) is 2.16. The molecule has 25 heavy (non-hydrogen) atoms. The van der Waals surface area contributed by atoms with Crippen molar-refractivity contribution in [3.8, 4) is 11.5 Å². The molecule has 1 N–H and O–H groups in total. The van der Waals surface area contributed by atoms with Crippen molar-refractivity contribution in [2.24, 2.45) is 0 Å². The summed E-state index contributed by atoms with van der Waals surface area (Å²) in [5.74, 6) is 1.51. The first-order chi connectivity index (χ1) is 12.2. The van der Waals surface area contributed by atoms with Crippen molar-refractivity contribution >= 4 is 17.4 Å². The van der Waals surface area contributed by atoms with Crippen molar-refractivity contribution in [3.63, 3.8) is 0 Å². The van der Waals surface area contributed by atoms with Crippen LogP contribution in [0.5, 0.6) is 0 Å². The van der Waals surface area contributed by atoms with Gasteiger partial charge in [-0.05, 0) is 25.1 Å². The van der Waals surface area contributed by atoms with E-state index in [0.717, 1.165) is 5.56 Å². The van der Waals surface area contributed by atoms with Crippen molar-refractivity contribution in [2.75, 3.05) is 5.32 Å². The molecule has 3 aromatic heterocycles. The third-order valence-corrected chi connectivity index (χ3v) is 3.80. The van der Waals surface area contributed by atoms with Crippen LogP contribution in [0.2, 0.25) is 0 Å². The lowest BCUT2D eigenvalue weighted by atomic mass is 10.2. The summed E-state index contributed by atoms with van der Waals surface area (Å²) in [7, 11) is 0. The molecule has 3 heterocycles. The largest absolute Gasteiger partial charge is 0.441 e. The number of hydrogen-bond acceptors (Lipinski definition) is 5. The molecule has 0 saturated heterocycles. The topological polar surface area (TPSA) is 85.3 Å². The van der Waals surface area contributed by atoms with Gasteiger partial charge in [-0.2, -0.15) is 9.61 Å². The Morgan fingerprint density at radius 1 is 1.16 bits per heavy atom. The van der Waals surface area contributed by atoms with E-state index in [1.165, 1.54) is 0 Å². The Morgan fingerprint density at radius 2 is 2.00 bits per heavy atom. The number of rotatable bonds is 4. The minimum atomic E-state index is -0.195. The standard InChI is InChI=1S/C18H15N5O2/c1-12-14(21-18(25-12)13-5-3-2-4-6-13)11-17(24)22-16-7-9-19-15-8-10-20-23(15)16/h2-10H,11H2,1H3,(H,22,24).